The summed E-state index contributed by atoms with van der Waals surface area (Å²) in [6.45, 7) is 0. The first kappa shape index (κ1) is 8.81. The maximum Gasteiger partial charge on any atom is 0.234 e. The normalized spacial score (nSPS) is 10.5. The van der Waals surface area contributed by atoms with Crippen LogP contribution in [0.15, 0.2) is 12.1 Å². The molecular weight excluding hydrogens is 402 g/mol. The van der Waals surface area contributed by atoms with Crippen molar-refractivity contribution in [3.8, 4) is 5.00 Å². The van der Waals surface area contributed by atoms with Gasteiger partial charge >= 0.3 is 0 Å². The van der Waals surface area contributed by atoms with Crippen LogP contribution in [0.5, 0.6) is 0 Å². The molecule has 0 atom stereocenters. The highest BCUT2D eigenvalue weighted by molar-refractivity contribution is 14.1. The van der Waals surface area contributed by atoms with Crippen molar-refractivity contribution in [2.75, 3.05) is 0 Å². The summed E-state index contributed by atoms with van der Waals surface area (Å²) in [6.07, 6.45) is 0. The van der Waals surface area contributed by atoms with Gasteiger partial charge in [-0.3, -0.25) is 0 Å². The topological polar surface area (TPSA) is 43.6 Å². The number of aromatic nitrogens is 4. The molecular formula is C5H2I2N4S. The summed E-state index contributed by atoms with van der Waals surface area (Å²) in [6, 6.07) is 4.00. The lowest BCUT2D eigenvalue weighted by atomic mass is 10.6. The van der Waals surface area contributed by atoms with Gasteiger partial charge in [-0.1, -0.05) is 0 Å². The van der Waals surface area contributed by atoms with Gasteiger partial charge in [-0.05, 0) is 39.9 Å². The average Bonchev–Trinajstić information content (AvgIpc) is 2.58. The summed E-state index contributed by atoms with van der Waals surface area (Å²) >= 11 is 5.93. The molecule has 0 N–H and O–H groups in total. The fraction of sp³-hybridized carbons (Fsp3) is 0. The van der Waals surface area contributed by atoms with E-state index in [9.17, 15) is 0 Å². The number of rotatable bonds is 1. The van der Waals surface area contributed by atoms with E-state index >= 15 is 0 Å². The molecule has 0 aromatic carbocycles. The van der Waals surface area contributed by atoms with Crippen LogP contribution < -0.4 is 0 Å². The lowest BCUT2D eigenvalue weighted by molar-refractivity contribution is 0.730. The van der Waals surface area contributed by atoms with Gasteiger partial charge in [0.2, 0.25) is 3.83 Å². The Labute approximate surface area is 99.6 Å². The molecule has 2 heterocycles. The molecule has 62 valence electrons. The first-order valence-electron chi connectivity index (χ1n) is 2.97. The van der Waals surface area contributed by atoms with Crippen LogP contribution in [0, 0.1) is 6.72 Å². The number of hydrogen-bond donors (Lipinski definition) is 0. The highest BCUT2D eigenvalue weighted by Crippen LogP contribution is 2.20. The smallest absolute Gasteiger partial charge is 0.120 e. The van der Waals surface area contributed by atoms with E-state index in [0.717, 1.165) is 5.00 Å². The molecule has 12 heavy (non-hydrogen) atoms. The minimum atomic E-state index is 0.663. The molecule has 0 bridgehead atoms. The lowest BCUT2D eigenvalue weighted by Crippen LogP contribution is -1.95. The number of thiophene rings is 1. The predicted octanol–water partition coefficient (Wildman–Crippen LogP) is 1.93. The van der Waals surface area contributed by atoms with Crippen LogP contribution in [-0.4, -0.2) is 20.2 Å². The molecule has 2 rings (SSSR count). The van der Waals surface area contributed by atoms with Gasteiger partial charge in [-0.15, -0.1) is 26.3 Å². The Hall–Kier alpha value is 0.230. The van der Waals surface area contributed by atoms with Crippen LogP contribution in [-0.2, 0) is 0 Å². The summed E-state index contributed by atoms with van der Waals surface area (Å²) in [5, 5.41) is 12.7. The van der Waals surface area contributed by atoms with Crippen molar-refractivity contribution in [3.05, 3.63) is 18.8 Å². The molecule has 0 fully saturated rings. The Bertz CT molecular complexity index is 357. The Balaban J connectivity index is 2.43. The molecule has 0 unspecified atom stereocenters. The number of halogens is 2. The molecule has 4 nitrogen and oxygen atoms in total. The van der Waals surface area contributed by atoms with Gasteiger partial charge in [0.15, 0.2) is 0 Å². The zero-order valence-electron chi connectivity index (χ0n) is 5.61. The summed E-state index contributed by atoms with van der Waals surface area (Å²) < 4.78 is 1.88. The van der Waals surface area contributed by atoms with E-state index in [1.54, 1.807) is 11.3 Å². The second-order valence-electron chi connectivity index (χ2n) is 1.93. The third kappa shape index (κ3) is 1.76. The molecule has 0 aliphatic heterocycles. The minimum Gasteiger partial charge on any atom is -0.120 e. The predicted molar refractivity (Wildman–Crippen MR) is 62.5 cm³/mol. The van der Waals surface area contributed by atoms with Gasteiger partial charge in [0, 0.05) is 22.6 Å². The fourth-order valence-corrected chi connectivity index (χ4v) is 2.49. The molecule has 0 spiro atoms. The summed E-state index contributed by atoms with van der Waals surface area (Å²) in [5.41, 5.74) is 0. The van der Waals surface area contributed by atoms with Crippen molar-refractivity contribution in [1.29, 1.82) is 0 Å². The largest absolute Gasteiger partial charge is 0.234 e. The molecule has 0 amide bonds. The number of hydrogen-bond acceptors (Lipinski definition) is 4. The van der Waals surface area contributed by atoms with Crippen molar-refractivity contribution in [2.45, 2.75) is 0 Å². The first-order valence-corrected chi connectivity index (χ1v) is 5.94. The minimum absolute atomic E-state index is 0.663. The Morgan fingerprint density at radius 2 is 2.17 bits per heavy atom. The number of nitrogens with zero attached hydrogens (tertiary/aromatic N) is 4. The third-order valence-corrected chi connectivity index (χ3v) is 3.44. The van der Waals surface area contributed by atoms with Crippen molar-refractivity contribution in [1.82, 2.24) is 20.2 Å². The summed E-state index contributed by atoms with van der Waals surface area (Å²) in [4.78, 5) is 1.54. The molecule has 0 saturated heterocycles. The highest BCUT2D eigenvalue weighted by Gasteiger charge is 2.03. The molecule has 0 aliphatic rings. The van der Waals surface area contributed by atoms with Crippen LogP contribution in [0.3, 0.4) is 0 Å². The van der Waals surface area contributed by atoms with E-state index < -0.39 is 0 Å². The summed E-state index contributed by atoms with van der Waals surface area (Å²) in [7, 11) is 0. The van der Waals surface area contributed by atoms with Crippen molar-refractivity contribution in [3.63, 3.8) is 0 Å². The Morgan fingerprint density at radius 3 is 2.67 bits per heavy atom. The van der Waals surface area contributed by atoms with Crippen molar-refractivity contribution < 1.29 is 0 Å². The molecule has 0 saturated carbocycles. The maximum atomic E-state index is 4.08. The second-order valence-corrected chi connectivity index (χ2v) is 5.85. The average molecular weight is 404 g/mol. The monoisotopic (exact) mass is 404 g/mol. The van der Waals surface area contributed by atoms with E-state index in [1.165, 1.54) is 7.68 Å². The fourth-order valence-electron chi connectivity index (χ4n) is 0.703. The SMILES string of the molecule is Ic1nnn(-c2ccc(I)s2)n1. The number of tetrazole rings is 1. The van der Waals surface area contributed by atoms with Gasteiger partial charge < -0.3 is 0 Å². The second kappa shape index (κ2) is 3.54. The van der Waals surface area contributed by atoms with Crippen LogP contribution >= 0.6 is 56.5 Å². The summed E-state index contributed by atoms with van der Waals surface area (Å²) in [5.74, 6) is 0. The molecule has 2 aromatic heterocycles. The molecule has 0 aliphatic carbocycles. The zero-order valence-corrected chi connectivity index (χ0v) is 10.7. The lowest BCUT2D eigenvalue weighted by Gasteiger charge is -1.87. The maximum absolute atomic E-state index is 4.08. The molecule has 7 heteroatoms. The highest BCUT2D eigenvalue weighted by atomic mass is 127. The van der Waals surface area contributed by atoms with Crippen molar-refractivity contribution in [2.24, 2.45) is 0 Å². The van der Waals surface area contributed by atoms with Gasteiger partial charge in [0.25, 0.3) is 0 Å². The first-order chi connectivity index (χ1) is 5.75. The van der Waals surface area contributed by atoms with Gasteiger partial charge in [-0.2, -0.15) is 0 Å². The van der Waals surface area contributed by atoms with Crippen molar-refractivity contribution >= 4 is 56.5 Å². The Morgan fingerprint density at radius 1 is 1.33 bits per heavy atom. The van der Waals surface area contributed by atoms with Crippen LogP contribution in [0.4, 0.5) is 0 Å². The Kier molecular flexibility index (Phi) is 2.60. The molecule has 2 aromatic rings. The van der Waals surface area contributed by atoms with E-state index in [4.69, 9.17) is 0 Å². The quantitative estimate of drug-likeness (QED) is 0.683. The zero-order chi connectivity index (χ0) is 8.55. The van der Waals surface area contributed by atoms with Crippen LogP contribution in [0.1, 0.15) is 0 Å². The van der Waals surface area contributed by atoms with E-state index in [2.05, 4.69) is 38.0 Å². The van der Waals surface area contributed by atoms with E-state index in [-0.39, 0.29) is 0 Å². The third-order valence-electron chi connectivity index (χ3n) is 1.15. The van der Waals surface area contributed by atoms with E-state index in [0.29, 0.717) is 3.83 Å². The van der Waals surface area contributed by atoms with Gasteiger partial charge in [0.1, 0.15) is 5.00 Å². The van der Waals surface area contributed by atoms with Crippen LogP contribution in [0.2, 0.25) is 0 Å². The molecule has 0 radical (unpaired) electrons. The van der Waals surface area contributed by atoms with Crippen LogP contribution in [0.25, 0.3) is 5.00 Å². The van der Waals surface area contributed by atoms with E-state index in [1.807, 2.05) is 34.7 Å². The standard InChI is InChI=1S/C5H2I2N4S/c6-3-1-2-4(12-3)11-9-5(7)8-10-11/h1-2H. The van der Waals surface area contributed by atoms with Gasteiger partial charge in [-0.25, -0.2) is 0 Å². The van der Waals surface area contributed by atoms with Gasteiger partial charge in [0.05, 0.1) is 2.88 Å².